The Bertz CT molecular complexity index is 1080. The third-order valence-corrected chi connectivity index (χ3v) is 6.01. The maximum atomic E-state index is 12.7. The van der Waals surface area contributed by atoms with E-state index >= 15 is 0 Å². The van der Waals surface area contributed by atoms with Crippen molar-refractivity contribution in [2.75, 3.05) is 30.8 Å². The van der Waals surface area contributed by atoms with Gasteiger partial charge >= 0.3 is 0 Å². The molecular weight excluding hydrogens is 418 g/mol. The number of carbonyl (C=O) groups is 2. The predicted octanol–water partition coefficient (Wildman–Crippen LogP) is 3.53. The topological polar surface area (TPSA) is 88.5 Å². The van der Waals surface area contributed by atoms with Crippen LogP contribution >= 0.6 is 0 Å². The van der Waals surface area contributed by atoms with E-state index in [4.69, 9.17) is 4.74 Å². The molecule has 33 heavy (non-hydrogen) atoms. The van der Waals surface area contributed by atoms with Gasteiger partial charge in [-0.3, -0.25) is 14.5 Å². The van der Waals surface area contributed by atoms with Crippen LogP contribution in [-0.4, -0.2) is 46.5 Å². The second kappa shape index (κ2) is 10.3. The highest BCUT2D eigenvalue weighted by Gasteiger charge is 2.25. The summed E-state index contributed by atoms with van der Waals surface area (Å²) in [6, 6.07) is 14.1. The molecular formula is C25H29N5O3. The number of aromatic nitrogens is 2. The summed E-state index contributed by atoms with van der Waals surface area (Å²) >= 11 is 0. The van der Waals surface area contributed by atoms with Crippen molar-refractivity contribution in [3.8, 4) is 5.75 Å². The molecule has 2 N–H and O–H groups in total. The molecule has 1 fully saturated rings. The molecule has 0 bridgehead atoms. The minimum Gasteiger partial charge on any atom is -0.497 e. The summed E-state index contributed by atoms with van der Waals surface area (Å²) in [6.45, 7) is 2.54. The number of likely N-dealkylation sites (tertiary alicyclic amines) is 1. The Morgan fingerprint density at radius 2 is 1.64 bits per heavy atom. The Balaban J connectivity index is 1.25. The van der Waals surface area contributed by atoms with Gasteiger partial charge in [-0.05, 0) is 74.5 Å². The van der Waals surface area contributed by atoms with Gasteiger partial charge in [-0.1, -0.05) is 0 Å². The molecule has 4 rings (SSSR count). The Morgan fingerprint density at radius 1 is 1.00 bits per heavy atom. The van der Waals surface area contributed by atoms with Crippen molar-refractivity contribution in [3.05, 3.63) is 72.3 Å². The largest absolute Gasteiger partial charge is 0.497 e. The van der Waals surface area contributed by atoms with Gasteiger partial charge in [-0.2, -0.15) is 0 Å². The van der Waals surface area contributed by atoms with Crippen molar-refractivity contribution in [2.45, 2.75) is 19.4 Å². The van der Waals surface area contributed by atoms with Gasteiger partial charge in [0.15, 0.2) is 0 Å². The van der Waals surface area contributed by atoms with Gasteiger partial charge < -0.3 is 19.9 Å². The lowest BCUT2D eigenvalue weighted by Gasteiger charge is -2.30. The van der Waals surface area contributed by atoms with Crippen molar-refractivity contribution in [1.82, 2.24) is 14.5 Å². The zero-order valence-electron chi connectivity index (χ0n) is 19.0. The van der Waals surface area contributed by atoms with Crippen LogP contribution < -0.4 is 15.4 Å². The average molecular weight is 448 g/mol. The summed E-state index contributed by atoms with van der Waals surface area (Å²) in [5, 5.41) is 5.84. The zero-order chi connectivity index (χ0) is 23.2. The SMILES string of the molecule is COc1ccc(NC(=O)c2ccc(NC(=O)C3CCN(Cc4nccn4C)CC3)cc2)cc1. The molecule has 2 heterocycles. The first-order valence-electron chi connectivity index (χ1n) is 11.1. The number of hydrogen-bond acceptors (Lipinski definition) is 5. The average Bonchev–Trinajstić information content (AvgIpc) is 3.24. The lowest BCUT2D eigenvalue weighted by molar-refractivity contribution is -0.121. The van der Waals surface area contributed by atoms with Gasteiger partial charge in [0.1, 0.15) is 11.6 Å². The van der Waals surface area contributed by atoms with Crippen LogP contribution in [-0.2, 0) is 18.4 Å². The number of nitrogens with one attached hydrogen (secondary N) is 2. The van der Waals surface area contributed by atoms with E-state index in [9.17, 15) is 9.59 Å². The molecule has 172 valence electrons. The van der Waals surface area contributed by atoms with Crippen LogP contribution in [0.1, 0.15) is 29.0 Å². The minimum atomic E-state index is -0.210. The van der Waals surface area contributed by atoms with E-state index in [0.717, 1.165) is 44.0 Å². The van der Waals surface area contributed by atoms with Crippen LogP contribution in [0.25, 0.3) is 0 Å². The van der Waals surface area contributed by atoms with Crippen molar-refractivity contribution < 1.29 is 14.3 Å². The maximum absolute atomic E-state index is 12.7. The fourth-order valence-electron chi connectivity index (χ4n) is 3.93. The molecule has 8 heteroatoms. The summed E-state index contributed by atoms with van der Waals surface area (Å²) in [6.07, 6.45) is 5.39. The number of carbonyl (C=O) groups excluding carboxylic acids is 2. The Kier molecular flexibility index (Phi) is 7.04. The number of piperidine rings is 1. The highest BCUT2D eigenvalue weighted by molar-refractivity contribution is 6.04. The fourth-order valence-corrected chi connectivity index (χ4v) is 3.93. The molecule has 1 aromatic heterocycles. The number of aryl methyl sites for hydroxylation is 1. The second-order valence-electron chi connectivity index (χ2n) is 8.25. The monoisotopic (exact) mass is 447 g/mol. The molecule has 3 aromatic rings. The third kappa shape index (κ3) is 5.78. The smallest absolute Gasteiger partial charge is 0.255 e. The maximum Gasteiger partial charge on any atom is 0.255 e. The fraction of sp³-hybridized carbons (Fsp3) is 0.320. The van der Waals surface area contributed by atoms with E-state index in [2.05, 4.69) is 20.5 Å². The first-order chi connectivity index (χ1) is 16.0. The standard InChI is InChI=1S/C25H29N5O3/c1-29-16-13-26-23(29)17-30-14-11-19(12-15-30)25(32)27-20-5-3-18(4-6-20)24(31)28-21-7-9-22(33-2)10-8-21/h3-10,13,16,19H,11-12,14-15,17H2,1-2H3,(H,27,32)(H,28,31). The van der Waals surface area contributed by atoms with Crippen molar-refractivity contribution >= 4 is 23.2 Å². The number of benzene rings is 2. The highest BCUT2D eigenvalue weighted by Crippen LogP contribution is 2.21. The summed E-state index contributed by atoms with van der Waals surface area (Å²) in [7, 11) is 3.59. The predicted molar refractivity (Wildman–Crippen MR) is 127 cm³/mol. The molecule has 0 atom stereocenters. The molecule has 0 spiro atoms. The van der Waals surface area contributed by atoms with E-state index in [1.54, 1.807) is 55.6 Å². The number of imidazole rings is 1. The van der Waals surface area contributed by atoms with Gasteiger partial charge in [0.2, 0.25) is 5.91 Å². The van der Waals surface area contributed by atoms with Crippen LogP contribution in [0.2, 0.25) is 0 Å². The lowest BCUT2D eigenvalue weighted by atomic mass is 9.95. The Hall–Kier alpha value is -3.65. The number of rotatable bonds is 7. The van der Waals surface area contributed by atoms with Crippen LogP contribution in [0, 0.1) is 5.92 Å². The van der Waals surface area contributed by atoms with E-state index in [1.165, 1.54) is 0 Å². The van der Waals surface area contributed by atoms with E-state index in [1.807, 2.05) is 24.0 Å². The minimum absolute atomic E-state index is 0.0133. The number of methoxy groups -OCH3 is 1. The number of ether oxygens (including phenoxy) is 1. The number of anilines is 2. The van der Waals surface area contributed by atoms with Crippen LogP contribution in [0.4, 0.5) is 11.4 Å². The molecule has 1 saturated heterocycles. The number of nitrogens with zero attached hydrogens (tertiary/aromatic N) is 3. The summed E-state index contributed by atoms with van der Waals surface area (Å²) in [5.41, 5.74) is 1.90. The summed E-state index contributed by atoms with van der Waals surface area (Å²) in [5.74, 6) is 1.57. The van der Waals surface area contributed by atoms with Gasteiger partial charge in [-0.15, -0.1) is 0 Å². The number of amides is 2. The highest BCUT2D eigenvalue weighted by atomic mass is 16.5. The van der Waals surface area contributed by atoms with Crippen molar-refractivity contribution in [2.24, 2.45) is 13.0 Å². The zero-order valence-corrected chi connectivity index (χ0v) is 19.0. The molecule has 1 aliphatic heterocycles. The van der Waals surface area contributed by atoms with Gasteiger partial charge in [0.25, 0.3) is 5.91 Å². The summed E-state index contributed by atoms with van der Waals surface area (Å²) < 4.78 is 7.15. The van der Waals surface area contributed by atoms with Crippen LogP contribution in [0.3, 0.4) is 0 Å². The quantitative estimate of drug-likeness (QED) is 0.579. The van der Waals surface area contributed by atoms with E-state index < -0.39 is 0 Å². The van der Waals surface area contributed by atoms with Crippen LogP contribution in [0.15, 0.2) is 60.9 Å². The molecule has 0 radical (unpaired) electrons. The summed E-state index contributed by atoms with van der Waals surface area (Å²) in [4.78, 5) is 31.9. The first kappa shape index (κ1) is 22.5. The number of hydrogen-bond donors (Lipinski definition) is 2. The second-order valence-corrected chi connectivity index (χ2v) is 8.25. The molecule has 8 nitrogen and oxygen atoms in total. The molecule has 0 saturated carbocycles. The van der Waals surface area contributed by atoms with E-state index in [-0.39, 0.29) is 17.7 Å². The van der Waals surface area contributed by atoms with Gasteiger partial charge in [0, 0.05) is 42.3 Å². The van der Waals surface area contributed by atoms with Gasteiger partial charge in [0.05, 0.1) is 13.7 Å². The van der Waals surface area contributed by atoms with Crippen molar-refractivity contribution in [3.63, 3.8) is 0 Å². The first-order valence-corrected chi connectivity index (χ1v) is 11.1. The molecule has 0 unspecified atom stereocenters. The van der Waals surface area contributed by atoms with E-state index in [0.29, 0.717) is 16.9 Å². The molecule has 2 aromatic carbocycles. The van der Waals surface area contributed by atoms with Crippen molar-refractivity contribution in [1.29, 1.82) is 0 Å². The normalized spacial score (nSPS) is 14.6. The Labute approximate surface area is 193 Å². The molecule has 0 aliphatic carbocycles. The molecule has 1 aliphatic rings. The van der Waals surface area contributed by atoms with Gasteiger partial charge in [-0.25, -0.2) is 4.98 Å². The Morgan fingerprint density at radius 3 is 2.24 bits per heavy atom. The van der Waals surface area contributed by atoms with Crippen LogP contribution in [0.5, 0.6) is 5.75 Å². The molecule has 2 amide bonds. The third-order valence-electron chi connectivity index (χ3n) is 6.01. The lowest BCUT2D eigenvalue weighted by Crippen LogP contribution is -2.38.